The number of alkyl halides is 1. The molecule has 0 aliphatic carbocycles. The zero-order valence-corrected chi connectivity index (χ0v) is 10.9. The van der Waals surface area contributed by atoms with E-state index in [9.17, 15) is 4.39 Å². The molecule has 4 heteroatoms. The molecule has 1 aromatic rings. The summed E-state index contributed by atoms with van der Waals surface area (Å²) in [7, 11) is 0. The molecule has 90 valence electrons. The van der Waals surface area contributed by atoms with E-state index in [0.717, 1.165) is 12.0 Å². The quantitative estimate of drug-likeness (QED) is 0.565. The van der Waals surface area contributed by atoms with Gasteiger partial charge in [-0.2, -0.15) is 0 Å². The van der Waals surface area contributed by atoms with E-state index in [2.05, 4.69) is 15.9 Å². The van der Waals surface area contributed by atoms with Gasteiger partial charge in [0.1, 0.15) is 11.6 Å². The number of halogens is 2. The van der Waals surface area contributed by atoms with Gasteiger partial charge in [-0.3, -0.25) is 0 Å². The lowest BCUT2D eigenvalue weighted by molar-refractivity contribution is 0.131. The summed E-state index contributed by atoms with van der Waals surface area (Å²) in [6, 6.07) is 4.72. The molecule has 0 saturated heterocycles. The van der Waals surface area contributed by atoms with Crippen LogP contribution in [-0.4, -0.2) is 19.8 Å². The molecule has 1 rings (SSSR count). The second kappa shape index (κ2) is 7.63. The van der Waals surface area contributed by atoms with Gasteiger partial charge < -0.3 is 9.47 Å². The van der Waals surface area contributed by atoms with Gasteiger partial charge in [-0.25, -0.2) is 4.39 Å². The fourth-order valence-corrected chi connectivity index (χ4v) is 1.60. The summed E-state index contributed by atoms with van der Waals surface area (Å²) in [5.41, 5.74) is 0.875. The van der Waals surface area contributed by atoms with Crippen LogP contribution in [0.4, 0.5) is 4.39 Å². The van der Waals surface area contributed by atoms with Gasteiger partial charge in [-0.05, 0) is 24.6 Å². The molecule has 1 aromatic carbocycles. The summed E-state index contributed by atoms with van der Waals surface area (Å²) in [6.45, 7) is 3.89. The average Bonchev–Trinajstić information content (AvgIpc) is 2.28. The van der Waals surface area contributed by atoms with Crippen molar-refractivity contribution in [2.75, 3.05) is 19.8 Å². The highest BCUT2D eigenvalue weighted by atomic mass is 79.9. The van der Waals surface area contributed by atoms with Crippen molar-refractivity contribution in [3.63, 3.8) is 0 Å². The minimum atomic E-state index is -0.267. The molecule has 0 bridgehead atoms. The largest absolute Gasteiger partial charge is 0.493 e. The molecule has 0 fully saturated rings. The van der Waals surface area contributed by atoms with Crippen LogP contribution in [0, 0.1) is 5.82 Å². The van der Waals surface area contributed by atoms with Gasteiger partial charge in [0.25, 0.3) is 0 Å². The molecule has 0 heterocycles. The normalized spacial score (nSPS) is 10.4. The van der Waals surface area contributed by atoms with Crippen LogP contribution in [0.2, 0.25) is 0 Å². The summed E-state index contributed by atoms with van der Waals surface area (Å²) in [6.07, 6.45) is 0.813. The van der Waals surface area contributed by atoms with E-state index in [1.165, 1.54) is 12.1 Å². The lowest BCUT2D eigenvalue weighted by atomic mass is 10.2. The fraction of sp³-hybridized carbons (Fsp3) is 0.500. The maximum absolute atomic E-state index is 13.1. The standard InChI is InChI=1S/C12H16BrFO2/c1-2-15-4-3-5-16-12-7-10(9-13)6-11(14)8-12/h6-8H,2-5,9H2,1H3. The lowest BCUT2D eigenvalue weighted by Gasteiger charge is -2.07. The van der Waals surface area contributed by atoms with Crippen LogP contribution in [-0.2, 0) is 10.1 Å². The van der Waals surface area contributed by atoms with Crippen molar-refractivity contribution in [2.45, 2.75) is 18.7 Å². The molecule has 0 aliphatic heterocycles. The molecule has 0 spiro atoms. The van der Waals surface area contributed by atoms with E-state index in [-0.39, 0.29) is 5.82 Å². The molecule has 0 aromatic heterocycles. The molecular formula is C12H16BrFO2. The third-order valence-electron chi connectivity index (χ3n) is 1.99. The SMILES string of the molecule is CCOCCCOc1cc(F)cc(CBr)c1. The van der Waals surface area contributed by atoms with Crippen LogP contribution in [0.5, 0.6) is 5.75 Å². The smallest absolute Gasteiger partial charge is 0.127 e. The van der Waals surface area contributed by atoms with Gasteiger partial charge >= 0.3 is 0 Å². The first kappa shape index (κ1) is 13.5. The summed E-state index contributed by atoms with van der Waals surface area (Å²) in [4.78, 5) is 0. The Labute approximate surface area is 104 Å². The third-order valence-corrected chi connectivity index (χ3v) is 2.64. The first-order valence-electron chi connectivity index (χ1n) is 5.32. The molecule has 0 saturated carbocycles. The molecule has 0 radical (unpaired) electrons. The minimum Gasteiger partial charge on any atom is -0.493 e. The van der Waals surface area contributed by atoms with E-state index >= 15 is 0 Å². The first-order chi connectivity index (χ1) is 7.76. The third kappa shape index (κ3) is 4.94. The van der Waals surface area contributed by atoms with Gasteiger partial charge in [0, 0.05) is 31.0 Å². The number of hydrogen-bond acceptors (Lipinski definition) is 2. The Hall–Kier alpha value is -0.610. The Morgan fingerprint density at radius 3 is 2.75 bits per heavy atom. The number of benzene rings is 1. The van der Waals surface area contributed by atoms with Crippen molar-refractivity contribution in [1.82, 2.24) is 0 Å². The predicted octanol–water partition coefficient (Wildman–Crippen LogP) is 3.53. The Balaban J connectivity index is 2.38. The molecule has 2 nitrogen and oxygen atoms in total. The second-order valence-corrected chi connectivity index (χ2v) is 3.89. The minimum absolute atomic E-state index is 0.267. The van der Waals surface area contributed by atoms with E-state index in [1.54, 1.807) is 0 Å². The van der Waals surface area contributed by atoms with E-state index in [4.69, 9.17) is 9.47 Å². The van der Waals surface area contributed by atoms with Crippen molar-refractivity contribution >= 4 is 15.9 Å². The highest BCUT2D eigenvalue weighted by Gasteiger charge is 2.01. The van der Waals surface area contributed by atoms with Crippen LogP contribution in [0.15, 0.2) is 18.2 Å². The van der Waals surface area contributed by atoms with Crippen LogP contribution < -0.4 is 4.74 Å². The molecule has 16 heavy (non-hydrogen) atoms. The summed E-state index contributed by atoms with van der Waals surface area (Å²) in [5.74, 6) is 0.308. The molecular weight excluding hydrogens is 275 g/mol. The van der Waals surface area contributed by atoms with Crippen molar-refractivity contribution in [2.24, 2.45) is 0 Å². The molecule has 0 amide bonds. The number of hydrogen-bond donors (Lipinski definition) is 0. The van der Waals surface area contributed by atoms with E-state index < -0.39 is 0 Å². The number of ether oxygens (including phenoxy) is 2. The molecule has 0 unspecified atom stereocenters. The highest BCUT2D eigenvalue weighted by molar-refractivity contribution is 9.08. The van der Waals surface area contributed by atoms with Gasteiger partial charge in [0.15, 0.2) is 0 Å². The first-order valence-corrected chi connectivity index (χ1v) is 6.44. The van der Waals surface area contributed by atoms with Crippen molar-refractivity contribution < 1.29 is 13.9 Å². The average molecular weight is 291 g/mol. The number of rotatable bonds is 7. The lowest BCUT2D eigenvalue weighted by Crippen LogP contribution is -2.03. The van der Waals surface area contributed by atoms with E-state index in [0.29, 0.717) is 30.9 Å². The molecule has 0 atom stereocenters. The topological polar surface area (TPSA) is 18.5 Å². The van der Waals surface area contributed by atoms with Crippen molar-refractivity contribution in [3.8, 4) is 5.75 Å². The van der Waals surface area contributed by atoms with Gasteiger partial charge in [0.05, 0.1) is 6.61 Å². The summed E-state index contributed by atoms with van der Waals surface area (Å²) >= 11 is 3.29. The Morgan fingerprint density at radius 1 is 1.25 bits per heavy atom. The molecule has 0 aliphatic rings. The Kier molecular flexibility index (Phi) is 6.42. The zero-order valence-electron chi connectivity index (χ0n) is 9.34. The Morgan fingerprint density at radius 2 is 2.06 bits per heavy atom. The van der Waals surface area contributed by atoms with Crippen molar-refractivity contribution in [1.29, 1.82) is 0 Å². The Bertz CT molecular complexity index is 318. The summed E-state index contributed by atoms with van der Waals surface area (Å²) in [5, 5.41) is 0.625. The van der Waals surface area contributed by atoms with Crippen LogP contribution >= 0.6 is 15.9 Å². The van der Waals surface area contributed by atoms with Crippen LogP contribution in [0.25, 0.3) is 0 Å². The maximum Gasteiger partial charge on any atom is 0.127 e. The highest BCUT2D eigenvalue weighted by Crippen LogP contribution is 2.18. The predicted molar refractivity (Wildman–Crippen MR) is 65.6 cm³/mol. The van der Waals surface area contributed by atoms with Gasteiger partial charge in [0.2, 0.25) is 0 Å². The van der Waals surface area contributed by atoms with Crippen LogP contribution in [0.1, 0.15) is 18.9 Å². The summed E-state index contributed by atoms with van der Waals surface area (Å²) < 4.78 is 23.7. The van der Waals surface area contributed by atoms with Crippen LogP contribution in [0.3, 0.4) is 0 Å². The monoisotopic (exact) mass is 290 g/mol. The van der Waals surface area contributed by atoms with E-state index in [1.807, 2.05) is 13.0 Å². The van der Waals surface area contributed by atoms with Crippen molar-refractivity contribution in [3.05, 3.63) is 29.6 Å². The second-order valence-electron chi connectivity index (χ2n) is 3.33. The fourth-order valence-electron chi connectivity index (χ4n) is 1.28. The zero-order chi connectivity index (χ0) is 11.8. The maximum atomic E-state index is 13.1. The van der Waals surface area contributed by atoms with Gasteiger partial charge in [-0.15, -0.1) is 0 Å². The molecule has 0 N–H and O–H groups in total. The van der Waals surface area contributed by atoms with Gasteiger partial charge in [-0.1, -0.05) is 15.9 Å².